The van der Waals surface area contributed by atoms with E-state index in [2.05, 4.69) is 23.2 Å². The summed E-state index contributed by atoms with van der Waals surface area (Å²) in [5, 5.41) is 3.50. The number of halogens is 1. The predicted molar refractivity (Wildman–Crippen MR) is 66.7 cm³/mol. The number of hydrogen-bond donors (Lipinski definition) is 1. The van der Waals surface area contributed by atoms with Crippen LogP contribution in [0.25, 0.3) is 0 Å². The van der Waals surface area contributed by atoms with Crippen LogP contribution in [0.4, 0.5) is 0 Å². The van der Waals surface area contributed by atoms with E-state index in [1.807, 2.05) is 6.07 Å². The van der Waals surface area contributed by atoms with Gasteiger partial charge >= 0.3 is 0 Å². The van der Waals surface area contributed by atoms with Crippen molar-refractivity contribution < 1.29 is 0 Å². The lowest BCUT2D eigenvalue weighted by atomic mass is 10.3. The van der Waals surface area contributed by atoms with Gasteiger partial charge in [0.25, 0.3) is 0 Å². The molecule has 0 radical (unpaired) electrons. The van der Waals surface area contributed by atoms with E-state index in [4.69, 9.17) is 11.6 Å². The highest BCUT2D eigenvalue weighted by Crippen LogP contribution is 2.23. The fourth-order valence-electron chi connectivity index (χ4n) is 1.99. The minimum Gasteiger partial charge on any atom is -0.313 e. The molecule has 0 spiro atoms. The van der Waals surface area contributed by atoms with E-state index in [0.29, 0.717) is 6.04 Å². The van der Waals surface area contributed by atoms with Crippen molar-refractivity contribution in [3.8, 4) is 0 Å². The van der Waals surface area contributed by atoms with Crippen LogP contribution in [-0.4, -0.2) is 30.6 Å². The van der Waals surface area contributed by atoms with E-state index in [-0.39, 0.29) is 0 Å². The van der Waals surface area contributed by atoms with Crippen LogP contribution in [0.1, 0.15) is 18.2 Å². The Morgan fingerprint density at radius 2 is 2.47 bits per heavy atom. The molecule has 84 valence electrons. The molecular formula is C11H17ClN2S. The molecule has 1 unspecified atom stereocenters. The minimum absolute atomic E-state index is 0.600. The second-order valence-corrected chi connectivity index (χ2v) is 5.95. The van der Waals surface area contributed by atoms with Crippen molar-refractivity contribution in [3.05, 3.63) is 21.3 Å². The Hall–Kier alpha value is -0.0900. The first-order valence-corrected chi connectivity index (χ1v) is 6.63. The minimum atomic E-state index is 0.600. The monoisotopic (exact) mass is 244 g/mol. The Labute approximate surface area is 100 Å². The van der Waals surface area contributed by atoms with Gasteiger partial charge in [0, 0.05) is 24.0 Å². The highest BCUT2D eigenvalue weighted by molar-refractivity contribution is 7.16. The third-order valence-corrected chi connectivity index (χ3v) is 3.90. The molecule has 1 atom stereocenters. The fourth-order valence-corrected chi connectivity index (χ4v) is 3.13. The van der Waals surface area contributed by atoms with Crippen molar-refractivity contribution in [2.24, 2.45) is 0 Å². The molecule has 1 aromatic rings. The van der Waals surface area contributed by atoms with Crippen LogP contribution in [0.2, 0.25) is 4.34 Å². The summed E-state index contributed by atoms with van der Waals surface area (Å²) < 4.78 is 0.894. The zero-order chi connectivity index (χ0) is 10.7. The maximum absolute atomic E-state index is 5.93. The lowest BCUT2D eigenvalue weighted by molar-refractivity contribution is 0.267. The zero-order valence-electron chi connectivity index (χ0n) is 9.00. The molecule has 1 aliphatic heterocycles. The second-order valence-electron chi connectivity index (χ2n) is 4.15. The first kappa shape index (κ1) is 11.4. The van der Waals surface area contributed by atoms with E-state index < -0.39 is 0 Å². The number of hydrogen-bond acceptors (Lipinski definition) is 3. The summed E-state index contributed by atoms with van der Waals surface area (Å²) in [5.41, 5.74) is 0. The van der Waals surface area contributed by atoms with Gasteiger partial charge in [0.05, 0.1) is 4.34 Å². The van der Waals surface area contributed by atoms with Crippen molar-refractivity contribution in [2.45, 2.75) is 25.9 Å². The SMILES string of the molecule is CC1CN(Cc2ccc(Cl)s2)CCCN1. The number of nitrogens with one attached hydrogen (secondary N) is 1. The van der Waals surface area contributed by atoms with Gasteiger partial charge in [0.2, 0.25) is 0 Å². The average Bonchev–Trinajstić information content (AvgIpc) is 2.46. The van der Waals surface area contributed by atoms with Gasteiger partial charge in [-0.1, -0.05) is 11.6 Å². The molecule has 1 saturated heterocycles. The highest BCUT2D eigenvalue weighted by Gasteiger charge is 2.14. The van der Waals surface area contributed by atoms with Crippen molar-refractivity contribution in [2.75, 3.05) is 19.6 Å². The Morgan fingerprint density at radius 1 is 1.60 bits per heavy atom. The fraction of sp³-hybridized carbons (Fsp3) is 0.636. The molecule has 1 aliphatic rings. The highest BCUT2D eigenvalue weighted by atomic mass is 35.5. The normalized spacial score (nSPS) is 24.0. The summed E-state index contributed by atoms with van der Waals surface area (Å²) >= 11 is 7.62. The van der Waals surface area contributed by atoms with Crippen LogP contribution >= 0.6 is 22.9 Å². The third-order valence-electron chi connectivity index (χ3n) is 2.68. The van der Waals surface area contributed by atoms with E-state index in [9.17, 15) is 0 Å². The van der Waals surface area contributed by atoms with E-state index in [1.54, 1.807) is 11.3 Å². The molecule has 2 nitrogen and oxygen atoms in total. The number of rotatable bonds is 2. The molecular weight excluding hydrogens is 228 g/mol. The lowest BCUT2D eigenvalue weighted by Crippen LogP contribution is -2.34. The average molecular weight is 245 g/mol. The molecule has 1 fully saturated rings. The maximum Gasteiger partial charge on any atom is 0.0931 e. The Kier molecular flexibility index (Phi) is 4.03. The molecule has 0 bridgehead atoms. The van der Waals surface area contributed by atoms with Crippen molar-refractivity contribution in [1.29, 1.82) is 0 Å². The summed E-state index contributed by atoms with van der Waals surface area (Å²) in [6.07, 6.45) is 1.24. The van der Waals surface area contributed by atoms with Crippen LogP contribution in [0.3, 0.4) is 0 Å². The van der Waals surface area contributed by atoms with Gasteiger partial charge in [-0.15, -0.1) is 11.3 Å². The molecule has 0 aliphatic carbocycles. The van der Waals surface area contributed by atoms with Gasteiger partial charge in [-0.2, -0.15) is 0 Å². The summed E-state index contributed by atoms with van der Waals surface area (Å²) in [7, 11) is 0. The molecule has 15 heavy (non-hydrogen) atoms. The van der Waals surface area contributed by atoms with Gasteiger partial charge in [-0.25, -0.2) is 0 Å². The molecule has 0 saturated carbocycles. The van der Waals surface area contributed by atoms with Gasteiger partial charge in [0.15, 0.2) is 0 Å². The van der Waals surface area contributed by atoms with Crippen molar-refractivity contribution in [1.82, 2.24) is 10.2 Å². The van der Waals surface area contributed by atoms with Crippen molar-refractivity contribution >= 4 is 22.9 Å². The Morgan fingerprint density at radius 3 is 3.20 bits per heavy atom. The summed E-state index contributed by atoms with van der Waals surface area (Å²) in [6, 6.07) is 4.72. The molecule has 1 aromatic heterocycles. The Bertz CT molecular complexity index is 313. The largest absolute Gasteiger partial charge is 0.313 e. The summed E-state index contributed by atoms with van der Waals surface area (Å²) in [4.78, 5) is 3.88. The molecule has 0 amide bonds. The van der Waals surface area contributed by atoms with Crippen LogP contribution in [0, 0.1) is 0 Å². The standard InChI is InChI=1S/C11H17ClN2S/c1-9-7-14(6-2-5-13-9)8-10-3-4-11(12)15-10/h3-4,9,13H,2,5-8H2,1H3. The van der Waals surface area contributed by atoms with Crippen LogP contribution in [0.15, 0.2) is 12.1 Å². The van der Waals surface area contributed by atoms with Crippen molar-refractivity contribution in [3.63, 3.8) is 0 Å². The molecule has 1 N–H and O–H groups in total. The van der Waals surface area contributed by atoms with E-state index in [0.717, 1.165) is 24.0 Å². The van der Waals surface area contributed by atoms with Gasteiger partial charge in [0.1, 0.15) is 0 Å². The topological polar surface area (TPSA) is 15.3 Å². The quantitative estimate of drug-likeness (QED) is 0.861. The summed E-state index contributed by atoms with van der Waals surface area (Å²) in [6.45, 7) is 6.76. The number of thiophene rings is 1. The first-order chi connectivity index (χ1) is 7.24. The van der Waals surface area contributed by atoms with E-state index in [1.165, 1.54) is 17.8 Å². The van der Waals surface area contributed by atoms with Gasteiger partial charge < -0.3 is 5.32 Å². The zero-order valence-corrected chi connectivity index (χ0v) is 10.6. The van der Waals surface area contributed by atoms with Crippen LogP contribution in [0.5, 0.6) is 0 Å². The van der Waals surface area contributed by atoms with Gasteiger partial charge in [-0.05, 0) is 38.6 Å². The lowest BCUT2D eigenvalue weighted by Gasteiger charge is -2.21. The summed E-state index contributed by atoms with van der Waals surface area (Å²) in [5.74, 6) is 0. The van der Waals surface area contributed by atoms with Crippen LogP contribution < -0.4 is 5.32 Å². The Balaban J connectivity index is 1.92. The first-order valence-electron chi connectivity index (χ1n) is 5.44. The van der Waals surface area contributed by atoms with E-state index >= 15 is 0 Å². The molecule has 2 heterocycles. The molecule has 2 rings (SSSR count). The molecule has 4 heteroatoms. The van der Waals surface area contributed by atoms with Gasteiger partial charge in [-0.3, -0.25) is 4.90 Å². The molecule has 0 aromatic carbocycles. The predicted octanol–water partition coefficient (Wildman–Crippen LogP) is 2.59. The van der Waals surface area contributed by atoms with Crippen LogP contribution in [-0.2, 0) is 6.54 Å². The number of nitrogens with zero attached hydrogens (tertiary/aromatic N) is 1. The maximum atomic E-state index is 5.93. The second kappa shape index (κ2) is 5.30. The smallest absolute Gasteiger partial charge is 0.0931 e. The third kappa shape index (κ3) is 3.45.